The van der Waals surface area contributed by atoms with Gasteiger partial charge in [-0.15, -0.1) is 0 Å². The van der Waals surface area contributed by atoms with Crippen LogP contribution in [0.4, 0.5) is 4.79 Å². The zero-order chi connectivity index (χ0) is 41.6. The van der Waals surface area contributed by atoms with E-state index < -0.39 is 52.7 Å². The average molecular weight is 870 g/mol. The van der Waals surface area contributed by atoms with E-state index in [2.05, 4.69) is 0 Å². The number of halogens is 3. The Morgan fingerprint density at radius 3 is 2.22 bits per heavy atom. The van der Waals surface area contributed by atoms with E-state index in [0.29, 0.717) is 45.3 Å². The number of benzene rings is 4. The smallest absolute Gasteiger partial charge is 0.411 e. The number of piperazine rings is 1. The van der Waals surface area contributed by atoms with Gasteiger partial charge in [-0.25, -0.2) is 4.79 Å². The van der Waals surface area contributed by atoms with Crippen LogP contribution in [0.5, 0.6) is 28.7 Å². The van der Waals surface area contributed by atoms with Gasteiger partial charge in [0.2, 0.25) is 16.5 Å². The number of fused-ring (bicyclic) bond motifs is 9. The monoisotopic (exact) mass is 868 g/mol. The van der Waals surface area contributed by atoms with Crippen LogP contribution in [0.15, 0.2) is 66.7 Å². The van der Waals surface area contributed by atoms with Crippen LogP contribution >= 0.6 is 34.8 Å². The van der Waals surface area contributed by atoms with Crippen LogP contribution in [-0.4, -0.2) is 83.8 Å². The molecule has 4 aliphatic heterocycles. The highest BCUT2D eigenvalue weighted by Crippen LogP contribution is 2.61. The van der Waals surface area contributed by atoms with E-state index in [9.17, 15) is 9.90 Å². The molecule has 1 N–H and O–H groups in total. The van der Waals surface area contributed by atoms with Crippen LogP contribution in [0.1, 0.15) is 62.7 Å². The standard InChI is InChI=1S/C43H43Cl3N2O11/c1-23-15-27-16-28-41(50)47-29(19-54-17-25-11-7-5-8-12-25)31-32(37(57-21-52-3)24(2)38-40(31)59-22-58-38)35(49)34(47)33(48(28)42(51)56-20-43(44,45)46)30(27)39(36(23)53-4)55-18-26-13-9-6-10-14-26/h5-15,28-29,33-35,49H,16-22H2,1-4H3/t28-,29-,33+,34+,35-/m0/s1. The summed E-state index contributed by atoms with van der Waals surface area (Å²) >= 11 is 18.2. The Hall–Kier alpha value is -4.63. The van der Waals surface area contributed by atoms with Gasteiger partial charge in [0.15, 0.2) is 29.8 Å². The zero-order valence-electron chi connectivity index (χ0n) is 32.7. The lowest BCUT2D eigenvalue weighted by Gasteiger charge is -2.58. The fourth-order valence-electron chi connectivity index (χ4n) is 8.84. The molecule has 2 bridgehead atoms. The van der Waals surface area contributed by atoms with E-state index in [1.54, 1.807) is 11.8 Å². The Kier molecular flexibility index (Phi) is 11.7. The van der Waals surface area contributed by atoms with Crippen molar-refractivity contribution in [3.05, 3.63) is 111 Å². The van der Waals surface area contributed by atoms with E-state index in [4.69, 9.17) is 72.7 Å². The van der Waals surface area contributed by atoms with Gasteiger partial charge < -0.3 is 47.9 Å². The highest BCUT2D eigenvalue weighted by molar-refractivity contribution is 6.67. The first kappa shape index (κ1) is 41.1. The lowest BCUT2D eigenvalue weighted by Crippen LogP contribution is -2.70. The lowest BCUT2D eigenvalue weighted by molar-refractivity contribution is -0.168. The van der Waals surface area contributed by atoms with Crippen molar-refractivity contribution in [1.29, 1.82) is 0 Å². The summed E-state index contributed by atoms with van der Waals surface area (Å²) in [5.41, 5.74) is 5.15. The van der Waals surface area contributed by atoms with Gasteiger partial charge in [-0.3, -0.25) is 9.69 Å². The molecular formula is C43H43Cl3N2O11. The zero-order valence-corrected chi connectivity index (χ0v) is 35.0. The topological polar surface area (TPSA) is 135 Å². The molecule has 8 rings (SSSR count). The molecule has 0 aliphatic carbocycles. The maximum absolute atomic E-state index is 15.4. The van der Waals surface area contributed by atoms with Gasteiger partial charge in [0, 0.05) is 35.8 Å². The predicted octanol–water partition coefficient (Wildman–Crippen LogP) is 7.59. The van der Waals surface area contributed by atoms with Crippen molar-refractivity contribution in [3.8, 4) is 28.7 Å². The van der Waals surface area contributed by atoms with Crippen LogP contribution in [-0.2, 0) is 38.6 Å². The van der Waals surface area contributed by atoms with Gasteiger partial charge in [-0.1, -0.05) is 102 Å². The maximum Gasteiger partial charge on any atom is 0.411 e. The summed E-state index contributed by atoms with van der Waals surface area (Å²) in [6.45, 7) is 3.15. The van der Waals surface area contributed by atoms with Crippen molar-refractivity contribution in [2.24, 2.45) is 0 Å². The molecule has 0 saturated carbocycles. The van der Waals surface area contributed by atoms with Crippen LogP contribution in [0, 0.1) is 13.8 Å². The molecule has 2 amide bonds. The summed E-state index contributed by atoms with van der Waals surface area (Å²) in [5, 5.41) is 13.0. The van der Waals surface area contributed by atoms with Gasteiger partial charge in [-0.05, 0) is 36.1 Å². The van der Waals surface area contributed by atoms with Gasteiger partial charge >= 0.3 is 6.09 Å². The number of nitrogens with zero attached hydrogens (tertiary/aromatic N) is 2. The fourth-order valence-corrected chi connectivity index (χ4v) is 9.00. The Bertz CT molecular complexity index is 2220. The molecule has 4 aromatic rings. The van der Waals surface area contributed by atoms with Crippen LogP contribution in [0.3, 0.4) is 0 Å². The van der Waals surface area contributed by atoms with Crippen molar-refractivity contribution < 1.29 is 52.6 Å². The van der Waals surface area contributed by atoms with Crippen LogP contribution < -0.4 is 23.7 Å². The van der Waals surface area contributed by atoms with E-state index in [0.717, 1.165) is 22.3 Å². The summed E-state index contributed by atoms with van der Waals surface area (Å²) in [5.74, 6) is 1.36. The predicted molar refractivity (Wildman–Crippen MR) is 216 cm³/mol. The molecule has 16 heteroatoms. The Labute approximate surface area is 356 Å². The molecule has 312 valence electrons. The number of ether oxygens (including phenoxy) is 8. The van der Waals surface area contributed by atoms with Crippen molar-refractivity contribution in [3.63, 3.8) is 0 Å². The number of methoxy groups -OCH3 is 2. The van der Waals surface area contributed by atoms with Gasteiger partial charge in [-0.2, -0.15) is 0 Å². The van der Waals surface area contributed by atoms with E-state index in [1.807, 2.05) is 73.7 Å². The third-order valence-electron chi connectivity index (χ3n) is 11.1. The fraction of sp³-hybridized carbons (Fsp3) is 0.395. The molecule has 4 aliphatic rings. The third kappa shape index (κ3) is 7.57. The average Bonchev–Trinajstić information content (AvgIpc) is 3.72. The molecule has 59 heavy (non-hydrogen) atoms. The number of alkyl halides is 3. The number of aryl methyl sites for hydroxylation is 1. The highest BCUT2D eigenvalue weighted by atomic mass is 35.6. The largest absolute Gasteiger partial charge is 0.493 e. The molecule has 0 unspecified atom stereocenters. The lowest BCUT2D eigenvalue weighted by atomic mass is 9.72. The minimum absolute atomic E-state index is 0.0297. The molecule has 0 radical (unpaired) electrons. The minimum atomic E-state index is -1.95. The van der Waals surface area contributed by atoms with Crippen molar-refractivity contribution >= 4 is 46.8 Å². The molecule has 1 fully saturated rings. The number of carbonyl (C=O) groups excluding carboxylic acids is 2. The Morgan fingerprint density at radius 1 is 0.881 bits per heavy atom. The van der Waals surface area contributed by atoms with Crippen molar-refractivity contribution in [2.75, 3.05) is 41.0 Å². The van der Waals surface area contributed by atoms with Gasteiger partial charge in [0.05, 0.1) is 38.4 Å². The van der Waals surface area contributed by atoms with Crippen LogP contribution in [0.2, 0.25) is 0 Å². The van der Waals surface area contributed by atoms with E-state index >= 15 is 4.79 Å². The molecule has 1 saturated heterocycles. The second-order valence-corrected chi connectivity index (χ2v) is 17.3. The number of aliphatic hydroxyl groups is 1. The number of hydrogen-bond acceptors (Lipinski definition) is 11. The third-order valence-corrected chi connectivity index (χ3v) is 11.5. The molecular weight excluding hydrogens is 827 g/mol. The van der Waals surface area contributed by atoms with Crippen molar-refractivity contribution in [2.45, 2.75) is 67.5 Å². The molecule has 4 heterocycles. The Morgan fingerprint density at radius 2 is 1.56 bits per heavy atom. The number of aliphatic hydroxyl groups excluding tert-OH is 1. The van der Waals surface area contributed by atoms with Gasteiger partial charge in [0.1, 0.15) is 31.1 Å². The first-order valence-corrected chi connectivity index (χ1v) is 20.1. The Balaban J connectivity index is 1.35. The quantitative estimate of drug-likeness (QED) is 0.112. The van der Waals surface area contributed by atoms with Crippen molar-refractivity contribution in [1.82, 2.24) is 9.80 Å². The summed E-state index contributed by atoms with van der Waals surface area (Å²) in [6.07, 6.45) is -2.36. The van der Waals surface area contributed by atoms with Crippen LogP contribution in [0.25, 0.3) is 0 Å². The summed E-state index contributed by atoms with van der Waals surface area (Å²) in [6, 6.07) is 16.9. The molecule has 5 atom stereocenters. The summed E-state index contributed by atoms with van der Waals surface area (Å²) in [4.78, 5) is 32.8. The first-order valence-electron chi connectivity index (χ1n) is 19.0. The summed E-state index contributed by atoms with van der Waals surface area (Å²) in [7, 11) is 3.02. The summed E-state index contributed by atoms with van der Waals surface area (Å²) < 4.78 is 46.5. The second-order valence-electron chi connectivity index (χ2n) is 14.7. The number of amides is 2. The normalized spacial score (nSPS) is 21.4. The molecule has 13 nitrogen and oxygen atoms in total. The molecule has 0 aromatic heterocycles. The maximum atomic E-state index is 15.4. The second kappa shape index (κ2) is 16.8. The highest BCUT2D eigenvalue weighted by Gasteiger charge is 2.62. The van der Waals surface area contributed by atoms with E-state index in [-0.39, 0.29) is 45.6 Å². The number of carbonyl (C=O) groups is 2. The SMILES string of the molecule is COCOc1c(C)c2c(c3c1[C@H](O)[C@H]1[C@H]4c5c(cc(C)c(OC)c5OCc5ccccc5)C[C@@H](C(=O)N1[C@H]3COCc1ccccc1)N4C(=O)OCC(Cl)(Cl)Cl)OCO2. The first-order chi connectivity index (χ1) is 28.4. The molecule has 4 aromatic carbocycles. The number of rotatable bonds is 12. The van der Waals surface area contributed by atoms with E-state index in [1.165, 1.54) is 19.1 Å². The molecule has 0 spiro atoms. The number of hydrogen-bond donors (Lipinski definition) is 1. The minimum Gasteiger partial charge on any atom is -0.493 e. The van der Waals surface area contributed by atoms with Gasteiger partial charge in [0.25, 0.3) is 0 Å².